The second-order valence-electron chi connectivity index (χ2n) is 7.44. The number of benzene rings is 1. The molecule has 154 valence electrons. The molecule has 1 saturated heterocycles. The van der Waals surface area contributed by atoms with Gasteiger partial charge in [0.1, 0.15) is 29.3 Å². The monoisotopic (exact) mass is 412 g/mol. The molecule has 0 N–H and O–H groups in total. The summed E-state index contributed by atoms with van der Waals surface area (Å²) in [4.78, 5) is 6.71. The van der Waals surface area contributed by atoms with Crippen LogP contribution in [0.15, 0.2) is 49.1 Å². The lowest BCUT2D eigenvalue weighted by atomic mass is 10.0. The van der Waals surface area contributed by atoms with Gasteiger partial charge in [0.25, 0.3) is 0 Å². The Balaban J connectivity index is 1.55. The summed E-state index contributed by atoms with van der Waals surface area (Å²) in [6, 6.07) is 5.04. The highest BCUT2D eigenvalue weighted by molar-refractivity contribution is 5.61. The molecule has 1 fully saturated rings. The third-order valence-corrected chi connectivity index (χ3v) is 5.51. The number of hydrogen-bond acceptors (Lipinski definition) is 4. The summed E-state index contributed by atoms with van der Waals surface area (Å²) in [5.41, 5.74) is 1.94. The number of hydrogen-bond donors (Lipinski definition) is 0. The first kappa shape index (κ1) is 18.7. The van der Waals surface area contributed by atoms with Crippen LogP contribution in [-0.2, 0) is 0 Å². The molecule has 0 spiro atoms. The van der Waals surface area contributed by atoms with E-state index in [1.807, 2.05) is 4.90 Å². The molecule has 0 saturated carbocycles. The van der Waals surface area contributed by atoms with E-state index in [1.165, 1.54) is 23.9 Å². The zero-order valence-corrected chi connectivity index (χ0v) is 16.2. The van der Waals surface area contributed by atoms with Gasteiger partial charge in [0.2, 0.25) is 0 Å². The maximum Gasteiger partial charge on any atom is 0.183 e. The number of fused-ring (bicyclic) bond motifs is 1. The Bertz CT molecular complexity index is 1210. The maximum atomic E-state index is 14.4. The molecule has 0 bridgehead atoms. The molecule has 2 unspecified atom stereocenters. The van der Waals surface area contributed by atoms with Gasteiger partial charge in [-0.3, -0.25) is 0 Å². The topological polar surface area (TPSA) is 51.3 Å². The molecular formula is C21H19F3N6. The van der Waals surface area contributed by atoms with Crippen LogP contribution in [-0.4, -0.2) is 30.9 Å². The van der Waals surface area contributed by atoms with Crippen LogP contribution < -0.4 is 4.90 Å². The number of aromatic nitrogens is 5. The summed E-state index contributed by atoms with van der Waals surface area (Å²) in [5, 5.41) is 8.51. The zero-order valence-electron chi connectivity index (χ0n) is 16.2. The Hall–Kier alpha value is -3.36. The summed E-state index contributed by atoms with van der Waals surface area (Å²) in [6.45, 7) is 2.13. The highest BCUT2D eigenvalue weighted by atomic mass is 19.1. The smallest absolute Gasteiger partial charge is 0.183 e. The van der Waals surface area contributed by atoms with Gasteiger partial charge in [0.05, 0.1) is 18.4 Å². The summed E-state index contributed by atoms with van der Waals surface area (Å²) >= 11 is 0. The fraction of sp³-hybridized carbons (Fsp3) is 0.286. The first-order valence-electron chi connectivity index (χ1n) is 9.76. The van der Waals surface area contributed by atoms with Crippen molar-refractivity contribution in [2.45, 2.75) is 32.0 Å². The van der Waals surface area contributed by atoms with Gasteiger partial charge >= 0.3 is 0 Å². The Morgan fingerprint density at radius 1 is 1.13 bits per heavy atom. The van der Waals surface area contributed by atoms with Crippen molar-refractivity contribution in [2.24, 2.45) is 0 Å². The van der Waals surface area contributed by atoms with Gasteiger partial charge in [-0.1, -0.05) is 0 Å². The van der Waals surface area contributed by atoms with Gasteiger partial charge in [-0.15, -0.1) is 0 Å². The van der Waals surface area contributed by atoms with Gasteiger partial charge in [-0.2, -0.15) is 10.2 Å². The SMILES string of the molecule is CC(F)c1cnn(-c2cnn3ccc(N4CCCC4c4cc(F)ccc4F)nc23)c1. The number of alkyl halides is 1. The third-order valence-electron chi connectivity index (χ3n) is 5.51. The standard InChI is InChI=1S/C21H19F3N6/c1-13(22)14-10-25-30(12-14)19-11-26-29-8-6-20(27-21(19)29)28-7-2-3-18(28)16-9-15(23)4-5-17(16)24/h4-6,8-13,18H,2-3,7H2,1H3. The van der Waals surface area contributed by atoms with Crippen molar-refractivity contribution in [3.63, 3.8) is 0 Å². The minimum Gasteiger partial charge on any atom is -0.349 e. The average molecular weight is 412 g/mol. The van der Waals surface area contributed by atoms with Gasteiger partial charge in [0, 0.05) is 30.1 Å². The lowest BCUT2D eigenvalue weighted by Gasteiger charge is -2.26. The van der Waals surface area contributed by atoms with Crippen molar-refractivity contribution in [2.75, 3.05) is 11.4 Å². The number of rotatable bonds is 4. The molecule has 3 aromatic heterocycles. The van der Waals surface area contributed by atoms with Gasteiger partial charge in [-0.05, 0) is 44.0 Å². The minimum atomic E-state index is -1.13. The van der Waals surface area contributed by atoms with Crippen molar-refractivity contribution in [3.8, 4) is 5.69 Å². The number of halogens is 3. The molecule has 9 heteroatoms. The molecule has 5 rings (SSSR count). The molecule has 6 nitrogen and oxygen atoms in total. The van der Waals surface area contributed by atoms with E-state index < -0.39 is 17.8 Å². The molecule has 1 aliphatic heterocycles. The van der Waals surface area contributed by atoms with Crippen molar-refractivity contribution < 1.29 is 13.2 Å². The highest BCUT2D eigenvalue weighted by Gasteiger charge is 2.30. The Morgan fingerprint density at radius 3 is 2.80 bits per heavy atom. The first-order valence-corrected chi connectivity index (χ1v) is 9.76. The molecule has 0 radical (unpaired) electrons. The number of nitrogens with zero attached hydrogens (tertiary/aromatic N) is 6. The summed E-state index contributed by atoms with van der Waals surface area (Å²) in [5.74, 6) is -0.248. The molecule has 30 heavy (non-hydrogen) atoms. The fourth-order valence-electron chi connectivity index (χ4n) is 3.98. The van der Waals surface area contributed by atoms with E-state index in [0.717, 1.165) is 18.6 Å². The van der Waals surface area contributed by atoms with Crippen molar-refractivity contribution in [1.29, 1.82) is 0 Å². The summed E-state index contributed by atoms with van der Waals surface area (Å²) < 4.78 is 44.9. The van der Waals surface area contributed by atoms with Gasteiger partial charge < -0.3 is 4.90 Å². The second kappa shape index (κ2) is 7.16. The zero-order chi connectivity index (χ0) is 20.8. The largest absolute Gasteiger partial charge is 0.349 e. The molecule has 1 aliphatic rings. The summed E-state index contributed by atoms with van der Waals surface area (Å²) in [6.07, 6.45) is 6.88. The molecule has 4 aromatic rings. The van der Waals surface area contributed by atoms with Crippen LogP contribution in [0.5, 0.6) is 0 Å². The molecule has 0 amide bonds. The third kappa shape index (κ3) is 3.10. The fourth-order valence-corrected chi connectivity index (χ4v) is 3.98. The molecule has 4 heterocycles. The van der Waals surface area contributed by atoms with Crippen molar-refractivity contribution in [3.05, 3.63) is 71.8 Å². The quantitative estimate of drug-likeness (QED) is 0.493. The van der Waals surface area contributed by atoms with E-state index in [1.54, 1.807) is 29.2 Å². The highest BCUT2D eigenvalue weighted by Crippen LogP contribution is 2.37. The molecular weight excluding hydrogens is 393 g/mol. The van der Waals surface area contributed by atoms with Crippen LogP contribution in [0.1, 0.15) is 43.1 Å². The van der Waals surface area contributed by atoms with Crippen LogP contribution >= 0.6 is 0 Å². The summed E-state index contributed by atoms with van der Waals surface area (Å²) in [7, 11) is 0. The predicted octanol–water partition coefficient (Wildman–Crippen LogP) is 4.57. The second-order valence-corrected chi connectivity index (χ2v) is 7.44. The minimum absolute atomic E-state index is 0.300. The molecule has 1 aromatic carbocycles. The van der Waals surface area contributed by atoms with Gasteiger partial charge in [-0.25, -0.2) is 27.4 Å². The first-order chi connectivity index (χ1) is 14.5. The van der Waals surface area contributed by atoms with Crippen LogP contribution in [0.2, 0.25) is 0 Å². The van der Waals surface area contributed by atoms with E-state index in [2.05, 4.69) is 10.2 Å². The van der Waals surface area contributed by atoms with E-state index in [0.29, 0.717) is 41.2 Å². The van der Waals surface area contributed by atoms with E-state index >= 15 is 0 Å². The number of anilines is 1. The Labute approximate surface area is 170 Å². The van der Waals surface area contributed by atoms with E-state index in [-0.39, 0.29) is 6.04 Å². The molecule has 0 aliphatic carbocycles. The van der Waals surface area contributed by atoms with Crippen LogP contribution in [0.3, 0.4) is 0 Å². The lowest BCUT2D eigenvalue weighted by Crippen LogP contribution is -2.24. The maximum absolute atomic E-state index is 14.4. The lowest BCUT2D eigenvalue weighted by molar-refractivity contribution is 0.374. The van der Waals surface area contributed by atoms with E-state index in [9.17, 15) is 13.2 Å². The molecule has 2 atom stereocenters. The van der Waals surface area contributed by atoms with Crippen LogP contribution in [0.4, 0.5) is 19.0 Å². The predicted molar refractivity (Wildman–Crippen MR) is 105 cm³/mol. The van der Waals surface area contributed by atoms with Crippen LogP contribution in [0.25, 0.3) is 11.3 Å². The van der Waals surface area contributed by atoms with Crippen molar-refractivity contribution >= 4 is 11.5 Å². The Kier molecular flexibility index (Phi) is 4.45. The van der Waals surface area contributed by atoms with Gasteiger partial charge in [0.15, 0.2) is 5.65 Å². The van der Waals surface area contributed by atoms with E-state index in [4.69, 9.17) is 4.98 Å². The normalized spacial score (nSPS) is 17.7. The average Bonchev–Trinajstić information content (AvgIpc) is 3.47. The van der Waals surface area contributed by atoms with Crippen LogP contribution in [0, 0.1) is 11.6 Å². The van der Waals surface area contributed by atoms with Crippen molar-refractivity contribution in [1.82, 2.24) is 24.4 Å². The Morgan fingerprint density at radius 2 is 2.00 bits per heavy atom.